The lowest BCUT2D eigenvalue weighted by molar-refractivity contribution is -0.118. The van der Waals surface area contributed by atoms with Gasteiger partial charge in [-0.2, -0.15) is 0 Å². The number of carbonyl (C=O) groups is 3. The number of hydrogen-bond acceptors (Lipinski definition) is 4. The number of nitrogens with zero attached hydrogens (tertiary/aromatic N) is 3. The van der Waals surface area contributed by atoms with Gasteiger partial charge in [0.15, 0.2) is 0 Å². The number of hydrogen-bond donors (Lipinski definition) is 1. The summed E-state index contributed by atoms with van der Waals surface area (Å²) in [7, 11) is 1.66. The van der Waals surface area contributed by atoms with E-state index in [1.807, 2.05) is 6.92 Å². The summed E-state index contributed by atoms with van der Waals surface area (Å²) < 4.78 is 0. The van der Waals surface area contributed by atoms with Crippen molar-refractivity contribution in [3.05, 3.63) is 65.2 Å². The van der Waals surface area contributed by atoms with E-state index in [1.165, 1.54) is 23.3 Å². The standard InChI is InChI=1S/C28H36N4O3/c1-3-14-32-20-26(33)30(2)25-19-23(9-10-24(25)28(32)35)27(34)29-13-17-31-15-11-22(12-16-31)18-21-7-5-4-6-8-21/h4-10,19,22H,3,11-18,20H2,1-2H3,(H,29,34). The van der Waals surface area contributed by atoms with E-state index in [9.17, 15) is 14.4 Å². The molecule has 35 heavy (non-hydrogen) atoms. The minimum absolute atomic E-state index is 0.0570. The van der Waals surface area contributed by atoms with Crippen molar-refractivity contribution in [1.29, 1.82) is 0 Å². The van der Waals surface area contributed by atoms with Gasteiger partial charge in [0.2, 0.25) is 5.91 Å². The maximum absolute atomic E-state index is 12.9. The molecular weight excluding hydrogens is 440 g/mol. The minimum Gasteiger partial charge on any atom is -0.351 e. The van der Waals surface area contributed by atoms with E-state index >= 15 is 0 Å². The molecule has 0 atom stereocenters. The summed E-state index contributed by atoms with van der Waals surface area (Å²) in [6, 6.07) is 15.7. The fourth-order valence-electron chi connectivity index (χ4n) is 5.02. The molecule has 0 saturated carbocycles. The fraction of sp³-hybridized carbons (Fsp3) is 0.464. The van der Waals surface area contributed by atoms with Crippen molar-refractivity contribution >= 4 is 23.4 Å². The first kappa shape index (κ1) is 24.9. The van der Waals surface area contributed by atoms with Gasteiger partial charge in [0.05, 0.1) is 11.3 Å². The molecule has 0 unspecified atom stereocenters. The van der Waals surface area contributed by atoms with Crippen LogP contribution in [0, 0.1) is 5.92 Å². The molecule has 2 heterocycles. The number of rotatable bonds is 8. The highest BCUT2D eigenvalue weighted by Crippen LogP contribution is 2.26. The highest BCUT2D eigenvalue weighted by Gasteiger charge is 2.30. The Labute approximate surface area is 208 Å². The van der Waals surface area contributed by atoms with Crippen molar-refractivity contribution in [3.8, 4) is 0 Å². The van der Waals surface area contributed by atoms with Crippen LogP contribution in [0.25, 0.3) is 0 Å². The molecule has 1 fully saturated rings. The molecule has 2 aliphatic rings. The molecule has 186 valence electrons. The van der Waals surface area contributed by atoms with E-state index < -0.39 is 0 Å². The molecule has 1 saturated heterocycles. The Morgan fingerprint density at radius 3 is 2.49 bits per heavy atom. The Bertz CT molecular complexity index is 1050. The van der Waals surface area contributed by atoms with E-state index in [-0.39, 0.29) is 24.3 Å². The van der Waals surface area contributed by atoms with Gasteiger partial charge in [-0.05, 0) is 68.5 Å². The van der Waals surface area contributed by atoms with Gasteiger partial charge in [0, 0.05) is 32.2 Å². The molecule has 2 aromatic rings. The van der Waals surface area contributed by atoms with Crippen LogP contribution in [0.4, 0.5) is 5.69 Å². The molecule has 7 heteroatoms. The number of anilines is 1. The van der Waals surface area contributed by atoms with E-state index in [0.717, 1.165) is 38.4 Å². The number of nitrogens with one attached hydrogen (secondary N) is 1. The molecule has 0 spiro atoms. The van der Waals surface area contributed by atoms with Gasteiger partial charge in [-0.15, -0.1) is 0 Å². The normalized spacial score (nSPS) is 17.3. The van der Waals surface area contributed by atoms with Crippen LogP contribution in [0.15, 0.2) is 48.5 Å². The average molecular weight is 477 g/mol. The molecule has 2 aromatic carbocycles. The Kier molecular flexibility index (Phi) is 8.18. The van der Waals surface area contributed by atoms with Gasteiger partial charge < -0.3 is 20.0 Å². The second-order valence-corrected chi connectivity index (χ2v) is 9.64. The van der Waals surface area contributed by atoms with Crippen LogP contribution < -0.4 is 10.2 Å². The van der Waals surface area contributed by atoms with Crippen molar-refractivity contribution in [2.24, 2.45) is 5.92 Å². The molecule has 2 aliphatic heterocycles. The third-order valence-electron chi connectivity index (χ3n) is 7.12. The number of amides is 3. The number of fused-ring (bicyclic) bond motifs is 1. The quantitative estimate of drug-likeness (QED) is 0.635. The first-order chi connectivity index (χ1) is 17.0. The van der Waals surface area contributed by atoms with Crippen molar-refractivity contribution in [3.63, 3.8) is 0 Å². The SMILES string of the molecule is CCCN1CC(=O)N(C)c2cc(C(=O)NCCN3CCC(Cc4ccccc4)CC3)ccc2C1=O. The van der Waals surface area contributed by atoms with Crippen LogP contribution in [-0.4, -0.2) is 73.8 Å². The topological polar surface area (TPSA) is 73.0 Å². The fourth-order valence-corrected chi connectivity index (χ4v) is 5.02. The predicted molar refractivity (Wildman–Crippen MR) is 138 cm³/mol. The van der Waals surface area contributed by atoms with Crippen LogP contribution >= 0.6 is 0 Å². The van der Waals surface area contributed by atoms with Gasteiger partial charge >= 0.3 is 0 Å². The smallest absolute Gasteiger partial charge is 0.256 e. The number of carbonyl (C=O) groups excluding carboxylic acids is 3. The summed E-state index contributed by atoms with van der Waals surface area (Å²) in [6.45, 7) is 6.05. The van der Waals surface area contributed by atoms with Gasteiger partial charge in [0.25, 0.3) is 11.8 Å². The Morgan fingerprint density at radius 2 is 1.77 bits per heavy atom. The second-order valence-electron chi connectivity index (χ2n) is 9.64. The molecule has 1 N–H and O–H groups in total. The molecule has 4 rings (SSSR count). The van der Waals surface area contributed by atoms with Crippen molar-refractivity contribution < 1.29 is 14.4 Å². The third-order valence-corrected chi connectivity index (χ3v) is 7.12. The lowest BCUT2D eigenvalue weighted by Crippen LogP contribution is -2.40. The Balaban J connectivity index is 1.29. The first-order valence-electron chi connectivity index (χ1n) is 12.7. The summed E-state index contributed by atoms with van der Waals surface area (Å²) >= 11 is 0. The summed E-state index contributed by atoms with van der Waals surface area (Å²) in [4.78, 5) is 43.8. The summed E-state index contributed by atoms with van der Waals surface area (Å²) in [5.74, 6) is 0.217. The highest BCUT2D eigenvalue weighted by atomic mass is 16.2. The molecule has 3 amide bonds. The summed E-state index contributed by atoms with van der Waals surface area (Å²) in [6.07, 6.45) is 4.27. The van der Waals surface area contributed by atoms with Crippen LogP contribution in [0.1, 0.15) is 52.5 Å². The zero-order chi connectivity index (χ0) is 24.8. The van der Waals surface area contributed by atoms with E-state index in [2.05, 4.69) is 40.5 Å². The van der Waals surface area contributed by atoms with Gasteiger partial charge in [-0.3, -0.25) is 14.4 Å². The van der Waals surface area contributed by atoms with E-state index in [0.29, 0.717) is 29.9 Å². The highest BCUT2D eigenvalue weighted by molar-refractivity contribution is 6.10. The number of likely N-dealkylation sites (tertiary alicyclic amines) is 1. The Morgan fingerprint density at radius 1 is 1.03 bits per heavy atom. The molecule has 7 nitrogen and oxygen atoms in total. The monoisotopic (exact) mass is 476 g/mol. The Hall–Kier alpha value is -3.19. The number of likely N-dealkylation sites (N-methyl/N-ethyl adjacent to an activating group) is 1. The van der Waals surface area contributed by atoms with Gasteiger partial charge in [0.1, 0.15) is 6.54 Å². The van der Waals surface area contributed by atoms with E-state index in [4.69, 9.17) is 0 Å². The van der Waals surface area contributed by atoms with E-state index in [1.54, 1.807) is 30.1 Å². The number of benzene rings is 2. The van der Waals surface area contributed by atoms with Crippen molar-refractivity contribution in [2.45, 2.75) is 32.6 Å². The predicted octanol–water partition coefficient (Wildman–Crippen LogP) is 3.20. The van der Waals surface area contributed by atoms with Crippen molar-refractivity contribution in [1.82, 2.24) is 15.1 Å². The van der Waals surface area contributed by atoms with Gasteiger partial charge in [-0.25, -0.2) is 0 Å². The maximum Gasteiger partial charge on any atom is 0.256 e. The minimum atomic E-state index is -0.185. The zero-order valence-corrected chi connectivity index (χ0v) is 20.8. The maximum atomic E-state index is 12.9. The first-order valence-corrected chi connectivity index (χ1v) is 12.7. The molecule has 0 bridgehead atoms. The molecular formula is C28H36N4O3. The molecule has 0 aromatic heterocycles. The molecule has 0 radical (unpaired) electrons. The van der Waals surface area contributed by atoms with Crippen LogP contribution in [-0.2, 0) is 11.2 Å². The second kappa shape index (κ2) is 11.5. The van der Waals surface area contributed by atoms with Crippen molar-refractivity contribution in [2.75, 3.05) is 51.2 Å². The van der Waals surface area contributed by atoms with Crippen LogP contribution in [0.3, 0.4) is 0 Å². The lowest BCUT2D eigenvalue weighted by atomic mass is 9.90. The van der Waals surface area contributed by atoms with Crippen LogP contribution in [0.5, 0.6) is 0 Å². The summed E-state index contributed by atoms with van der Waals surface area (Å²) in [5, 5.41) is 3.01. The zero-order valence-electron chi connectivity index (χ0n) is 20.8. The van der Waals surface area contributed by atoms with Crippen LogP contribution in [0.2, 0.25) is 0 Å². The lowest BCUT2D eigenvalue weighted by Gasteiger charge is -2.32. The largest absolute Gasteiger partial charge is 0.351 e. The average Bonchev–Trinajstić information content (AvgIpc) is 2.96. The molecule has 0 aliphatic carbocycles. The third kappa shape index (κ3) is 6.09. The van der Waals surface area contributed by atoms with Gasteiger partial charge in [-0.1, -0.05) is 37.3 Å². The summed E-state index contributed by atoms with van der Waals surface area (Å²) in [5.41, 5.74) is 2.82. The number of piperidine rings is 1.